The molecule has 0 saturated heterocycles. The van der Waals surface area contributed by atoms with Crippen LogP contribution in [0.1, 0.15) is 15.9 Å². The average Bonchev–Trinajstić information content (AvgIpc) is 2.34. The normalized spacial score (nSPS) is 10.1. The molecule has 0 aliphatic rings. The number of hydrogen-bond donors (Lipinski definition) is 2. The molecule has 1 amide bonds. The Bertz CT molecular complexity index is 349. The first kappa shape index (κ1) is 13.9. The largest absolute Gasteiger partial charge is 0.329 e. The van der Waals surface area contributed by atoms with Gasteiger partial charge in [0.1, 0.15) is 6.17 Å². The summed E-state index contributed by atoms with van der Waals surface area (Å²) in [6, 6.07) is 7.85. The maximum Gasteiger partial charge on any atom is 0.329 e. The highest BCUT2D eigenvalue weighted by Gasteiger charge is 2.13. The third-order valence-corrected chi connectivity index (χ3v) is 3.37. The predicted molar refractivity (Wildman–Crippen MR) is 73.9 cm³/mol. The molecular weight excluding hydrogens is 228 g/mol. The van der Waals surface area contributed by atoms with Crippen molar-refractivity contribution in [3.05, 3.63) is 35.4 Å². The zero-order valence-electron chi connectivity index (χ0n) is 10.8. The quantitative estimate of drug-likeness (QED) is 0.750. The first-order valence-corrected chi connectivity index (χ1v) is 8.65. The Labute approximate surface area is 105 Å². The molecule has 92 valence electrons. The molecule has 0 heterocycles. The SMILES string of the molecule is CNCCc1ccc(C(=O)NC[Si+](C)C)cc1. The van der Waals surface area contributed by atoms with Gasteiger partial charge in [-0.3, -0.25) is 4.79 Å². The first-order chi connectivity index (χ1) is 8.13. The number of carbonyl (C=O) groups is 1. The summed E-state index contributed by atoms with van der Waals surface area (Å²) in [6.07, 6.45) is 1.82. The minimum atomic E-state index is -0.397. The minimum Gasteiger partial charge on any atom is -0.325 e. The van der Waals surface area contributed by atoms with E-state index in [0.29, 0.717) is 0 Å². The topological polar surface area (TPSA) is 41.1 Å². The number of likely N-dealkylation sites (N-methyl/N-ethyl adjacent to an activating group) is 1. The first-order valence-electron chi connectivity index (χ1n) is 5.94. The van der Waals surface area contributed by atoms with Crippen LogP contribution in [0.3, 0.4) is 0 Å². The summed E-state index contributed by atoms with van der Waals surface area (Å²) >= 11 is 0. The van der Waals surface area contributed by atoms with Gasteiger partial charge in [-0.1, -0.05) is 12.1 Å². The van der Waals surface area contributed by atoms with E-state index in [4.69, 9.17) is 0 Å². The molecule has 0 bridgehead atoms. The van der Waals surface area contributed by atoms with Gasteiger partial charge >= 0.3 is 8.80 Å². The Morgan fingerprint density at radius 3 is 2.41 bits per heavy atom. The van der Waals surface area contributed by atoms with Crippen LogP contribution in [0.15, 0.2) is 24.3 Å². The molecule has 17 heavy (non-hydrogen) atoms. The molecular formula is C13H21N2OSi+. The molecule has 2 N–H and O–H groups in total. The third-order valence-electron chi connectivity index (χ3n) is 2.48. The molecule has 0 spiro atoms. The van der Waals surface area contributed by atoms with E-state index in [1.807, 2.05) is 31.3 Å². The van der Waals surface area contributed by atoms with Crippen LogP contribution in [0.4, 0.5) is 0 Å². The second-order valence-electron chi connectivity index (χ2n) is 4.44. The van der Waals surface area contributed by atoms with Gasteiger partial charge in [-0.15, -0.1) is 0 Å². The molecule has 3 nitrogen and oxygen atoms in total. The molecule has 0 unspecified atom stereocenters. The van der Waals surface area contributed by atoms with Crippen molar-refractivity contribution >= 4 is 14.7 Å². The van der Waals surface area contributed by atoms with Crippen LogP contribution in [0, 0.1) is 0 Å². The van der Waals surface area contributed by atoms with Crippen molar-refractivity contribution in [2.24, 2.45) is 0 Å². The lowest BCUT2D eigenvalue weighted by atomic mass is 10.1. The van der Waals surface area contributed by atoms with Crippen LogP contribution < -0.4 is 10.6 Å². The van der Waals surface area contributed by atoms with Crippen molar-refractivity contribution in [1.82, 2.24) is 10.6 Å². The fourth-order valence-electron chi connectivity index (χ4n) is 1.45. The van der Waals surface area contributed by atoms with Gasteiger partial charge < -0.3 is 10.6 Å². The van der Waals surface area contributed by atoms with Gasteiger partial charge in [-0.05, 0) is 37.7 Å². The maximum absolute atomic E-state index is 11.8. The second-order valence-corrected chi connectivity index (χ2v) is 7.21. The van der Waals surface area contributed by atoms with Crippen molar-refractivity contribution < 1.29 is 4.79 Å². The lowest BCUT2D eigenvalue weighted by Crippen LogP contribution is -2.31. The molecule has 0 aliphatic heterocycles. The summed E-state index contributed by atoms with van der Waals surface area (Å²) in [6.45, 7) is 5.33. The number of benzene rings is 1. The summed E-state index contributed by atoms with van der Waals surface area (Å²) in [5.74, 6) is 0.0383. The van der Waals surface area contributed by atoms with Crippen LogP contribution in [0.25, 0.3) is 0 Å². The highest BCUT2D eigenvalue weighted by molar-refractivity contribution is 6.56. The zero-order valence-corrected chi connectivity index (χ0v) is 11.8. The summed E-state index contributed by atoms with van der Waals surface area (Å²) in [5, 5.41) is 6.07. The van der Waals surface area contributed by atoms with Crippen LogP contribution in [0.5, 0.6) is 0 Å². The molecule has 0 fully saturated rings. The average molecular weight is 249 g/mol. The summed E-state index contributed by atoms with van der Waals surface area (Å²) in [7, 11) is 1.54. The molecule has 4 heteroatoms. The predicted octanol–water partition coefficient (Wildman–Crippen LogP) is 1.47. The molecule has 1 rings (SSSR count). The van der Waals surface area contributed by atoms with Crippen LogP contribution in [-0.2, 0) is 6.42 Å². The monoisotopic (exact) mass is 249 g/mol. The Kier molecular flexibility index (Phi) is 5.93. The Morgan fingerprint density at radius 2 is 1.88 bits per heavy atom. The van der Waals surface area contributed by atoms with Gasteiger partial charge in [0, 0.05) is 5.56 Å². The number of amides is 1. The van der Waals surface area contributed by atoms with Crippen molar-refractivity contribution in [1.29, 1.82) is 0 Å². The van der Waals surface area contributed by atoms with Crippen LogP contribution in [0.2, 0.25) is 13.1 Å². The molecule has 0 aromatic heterocycles. The van der Waals surface area contributed by atoms with Crippen LogP contribution in [-0.4, -0.2) is 34.5 Å². The Morgan fingerprint density at radius 1 is 1.24 bits per heavy atom. The van der Waals surface area contributed by atoms with Crippen molar-refractivity contribution in [2.45, 2.75) is 19.5 Å². The second kappa shape index (κ2) is 7.24. The van der Waals surface area contributed by atoms with E-state index in [1.165, 1.54) is 5.56 Å². The lowest BCUT2D eigenvalue weighted by Gasteiger charge is -2.04. The van der Waals surface area contributed by atoms with Gasteiger partial charge in [0.2, 0.25) is 0 Å². The fourth-order valence-corrected chi connectivity index (χ4v) is 1.97. The van der Waals surface area contributed by atoms with Crippen molar-refractivity contribution in [2.75, 3.05) is 19.8 Å². The molecule has 1 aromatic carbocycles. The van der Waals surface area contributed by atoms with Gasteiger partial charge in [0.15, 0.2) is 0 Å². The maximum atomic E-state index is 11.8. The number of hydrogen-bond acceptors (Lipinski definition) is 2. The van der Waals surface area contributed by atoms with Crippen molar-refractivity contribution in [3.63, 3.8) is 0 Å². The van der Waals surface area contributed by atoms with E-state index in [2.05, 4.69) is 23.7 Å². The van der Waals surface area contributed by atoms with E-state index < -0.39 is 8.80 Å². The lowest BCUT2D eigenvalue weighted by molar-refractivity contribution is 0.0960. The van der Waals surface area contributed by atoms with E-state index in [-0.39, 0.29) is 5.91 Å². The van der Waals surface area contributed by atoms with Gasteiger partial charge in [0.25, 0.3) is 5.91 Å². The van der Waals surface area contributed by atoms with E-state index in [1.54, 1.807) is 0 Å². The number of carbonyl (C=O) groups excluding carboxylic acids is 1. The van der Waals surface area contributed by atoms with Gasteiger partial charge in [0.05, 0.1) is 13.1 Å². The molecule has 0 saturated carbocycles. The van der Waals surface area contributed by atoms with Crippen molar-refractivity contribution in [3.8, 4) is 0 Å². The minimum absolute atomic E-state index is 0.0383. The summed E-state index contributed by atoms with van der Waals surface area (Å²) in [4.78, 5) is 11.8. The molecule has 0 aliphatic carbocycles. The van der Waals surface area contributed by atoms with Crippen LogP contribution >= 0.6 is 0 Å². The van der Waals surface area contributed by atoms with Gasteiger partial charge in [-0.2, -0.15) is 0 Å². The van der Waals surface area contributed by atoms with E-state index >= 15 is 0 Å². The number of nitrogens with one attached hydrogen (secondary N) is 2. The smallest absolute Gasteiger partial charge is 0.325 e. The highest BCUT2D eigenvalue weighted by Crippen LogP contribution is 2.04. The standard InChI is InChI=1S/C13H20N2OSi/c1-14-9-8-11-4-6-12(7-5-11)13(16)15-10-17(2)3/h4-7,14H,8-10H2,1-3H3/p+1. The summed E-state index contributed by atoms with van der Waals surface area (Å²) < 4.78 is 0. The van der Waals surface area contributed by atoms with Gasteiger partial charge in [-0.25, -0.2) is 0 Å². The fraction of sp³-hybridized carbons (Fsp3) is 0.462. The Balaban J connectivity index is 2.51. The zero-order chi connectivity index (χ0) is 12.7. The molecule has 0 atom stereocenters. The molecule has 0 radical (unpaired) electrons. The number of rotatable bonds is 6. The highest BCUT2D eigenvalue weighted by atomic mass is 28.3. The third kappa shape index (κ3) is 5.15. The Hall–Kier alpha value is -1.13. The molecule has 1 aromatic rings. The van der Waals surface area contributed by atoms with E-state index in [0.717, 1.165) is 24.7 Å². The van der Waals surface area contributed by atoms with E-state index in [9.17, 15) is 4.79 Å². The summed E-state index contributed by atoms with van der Waals surface area (Å²) in [5.41, 5.74) is 2.01.